The standard InChI is InChI=1S/C17H22N2O2/c1-21-16-9-8-15(12-14(16)5-2-10-18)17(20)19-11-3-4-13-6-7-13/h8-9,12-13H,3-4,6-7,10-11,18H2,1H3,(H,19,20). The molecular formula is C17H22N2O2. The smallest absolute Gasteiger partial charge is 0.251 e. The van der Waals surface area contributed by atoms with E-state index in [4.69, 9.17) is 10.5 Å². The fourth-order valence-electron chi connectivity index (χ4n) is 2.19. The second-order valence-electron chi connectivity index (χ2n) is 5.26. The fraction of sp³-hybridized carbons (Fsp3) is 0.471. The van der Waals surface area contributed by atoms with Crippen molar-refractivity contribution in [1.29, 1.82) is 0 Å². The molecule has 0 atom stereocenters. The summed E-state index contributed by atoms with van der Waals surface area (Å²) in [4.78, 5) is 12.1. The van der Waals surface area contributed by atoms with Crippen molar-refractivity contribution in [2.45, 2.75) is 25.7 Å². The first-order valence-electron chi connectivity index (χ1n) is 7.39. The Balaban J connectivity index is 1.95. The molecule has 0 bridgehead atoms. The number of methoxy groups -OCH3 is 1. The van der Waals surface area contributed by atoms with Crippen molar-refractivity contribution < 1.29 is 9.53 Å². The molecule has 0 radical (unpaired) electrons. The van der Waals surface area contributed by atoms with Gasteiger partial charge in [0.25, 0.3) is 5.91 Å². The predicted octanol–water partition coefficient (Wildman–Crippen LogP) is 1.93. The van der Waals surface area contributed by atoms with E-state index in [-0.39, 0.29) is 12.5 Å². The topological polar surface area (TPSA) is 64.3 Å². The van der Waals surface area contributed by atoms with E-state index < -0.39 is 0 Å². The van der Waals surface area contributed by atoms with E-state index in [1.165, 1.54) is 19.3 Å². The molecular weight excluding hydrogens is 264 g/mol. The van der Waals surface area contributed by atoms with E-state index in [0.717, 1.165) is 18.9 Å². The van der Waals surface area contributed by atoms with Gasteiger partial charge in [-0.3, -0.25) is 4.79 Å². The number of rotatable bonds is 6. The molecule has 2 rings (SSSR count). The fourth-order valence-corrected chi connectivity index (χ4v) is 2.19. The zero-order valence-electron chi connectivity index (χ0n) is 12.4. The number of ether oxygens (including phenoxy) is 1. The molecule has 1 fully saturated rings. The third kappa shape index (κ3) is 4.80. The Kier molecular flexibility index (Phi) is 5.65. The van der Waals surface area contributed by atoms with Crippen molar-refractivity contribution in [2.75, 3.05) is 20.2 Å². The van der Waals surface area contributed by atoms with Gasteiger partial charge in [0, 0.05) is 12.1 Å². The maximum Gasteiger partial charge on any atom is 0.251 e. The molecule has 3 N–H and O–H groups in total. The quantitative estimate of drug-likeness (QED) is 0.620. The van der Waals surface area contributed by atoms with E-state index in [9.17, 15) is 4.79 Å². The summed E-state index contributed by atoms with van der Waals surface area (Å²) in [6, 6.07) is 5.26. The summed E-state index contributed by atoms with van der Waals surface area (Å²) in [7, 11) is 1.58. The van der Waals surface area contributed by atoms with Crippen molar-refractivity contribution in [1.82, 2.24) is 5.32 Å². The molecule has 0 aromatic heterocycles. The zero-order chi connectivity index (χ0) is 15.1. The van der Waals surface area contributed by atoms with Crippen LogP contribution < -0.4 is 15.8 Å². The van der Waals surface area contributed by atoms with Crippen LogP contribution in [0.5, 0.6) is 5.75 Å². The van der Waals surface area contributed by atoms with Gasteiger partial charge < -0.3 is 15.8 Å². The van der Waals surface area contributed by atoms with E-state index in [1.807, 2.05) is 0 Å². The van der Waals surface area contributed by atoms with Gasteiger partial charge in [0.05, 0.1) is 19.2 Å². The second-order valence-corrected chi connectivity index (χ2v) is 5.26. The van der Waals surface area contributed by atoms with Gasteiger partial charge in [-0.15, -0.1) is 0 Å². The highest BCUT2D eigenvalue weighted by Crippen LogP contribution is 2.33. The minimum absolute atomic E-state index is 0.0655. The number of hydrogen-bond acceptors (Lipinski definition) is 3. The van der Waals surface area contributed by atoms with Crippen LogP contribution in [0.2, 0.25) is 0 Å². The monoisotopic (exact) mass is 286 g/mol. The Labute approximate surface area is 126 Å². The number of amides is 1. The lowest BCUT2D eigenvalue weighted by Gasteiger charge is -2.08. The number of nitrogens with two attached hydrogens (primary N) is 1. The van der Waals surface area contributed by atoms with Crippen molar-refractivity contribution in [2.24, 2.45) is 11.7 Å². The van der Waals surface area contributed by atoms with Gasteiger partial charge in [-0.2, -0.15) is 0 Å². The van der Waals surface area contributed by atoms with Crippen LogP contribution in [0.3, 0.4) is 0 Å². The van der Waals surface area contributed by atoms with Gasteiger partial charge in [0.2, 0.25) is 0 Å². The molecule has 0 spiro atoms. The molecule has 112 valence electrons. The van der Waals surface area contributed by atoms with Crippen LogP contribution in [0.4, 0.5) is 0 Å². The average molecular weight is 286 g/mol. The van der Waals surface area contributed by atoms with Gasteiger partial charge in [-0.25, -0.2) is 0 Å². The Morgan fingerprint density at radius 3 is 2.95 bits per heavy atom. The van der Waals surface area contributed by atoms with Crippen molar-refractivity contribution in [3.8, 4) is 17.6 Å². The number of nitrogens with one attached hydrogen (secondary N) is 1. The summed E-state index contributed by atoms with van der Waals surface area (Å²) in [6.45, 7) is 1.01. The first-order chi connectivity index (χ1) is 10.2. The number of benzene rings is 1. The third-order valence-electron chi connectivity index (χ3n) is 3.56. The Hall–Kier alpha value is -1.99. The predicted molar refractivity (Wildman–Crippen MR) is 83.2 cm³/mol. The largest absolute Gasteiger partial charge is 0.495 e. The first-order valence-corrected chi connectivity index (χ1v) is 7.39. The average Bonchev–Trinajstić information content (AvgIpc) is 3.33. The number of hydrogen-bond donors (Lipinski definition) is 2. The van der Waals surface area contributed by atoms with Crippen molar-refractivity contribution in [3.63, 3.8) is 0 Å². The van der Waals surface area contributed by atoms with Gasteiger partial charge in [-0.05, 0) is 37.0 Å². The summed E-state index contributed by atoms with van der Waals surface area (Å²) in [5, 5.41) is 2.95. The summed E-state index contributed by atoms with van der Waals surface area (Å²) in [5.74, 6) is 7.20. The SMILES string of the molecule is COc1ccc(C(=O)NCCCC2CC2)cc1C#CCN. The van der Waals surface area contributed by atoms with Crippen LogP contribution in [0, 0.1) is 17.8 Å². The lowest BCUT2D eigenvalue weighted by molar-refractivity contribution is 0.0952. The zero-order valence-corrected chi connectivity index (χ0v) is 12.4. The highest BCUT2D eigenvalue weighted by molar-refractivity contribution is 5.94. The van der Waals surface area contributed by atoms with Crippen molar-refractivity contribution >= 4 is 5.91 Å². The molecule has 21 heavy (non-hydrogen) atoms. The summed E-state index contributed by atoms with van der Waals surface area (Å²) >= 11 is 0. The van der Waals surface area contributed by atoms with Gasteiger partial charge >= 0.3 is 0 Å². The highest BCUT2D eigenvalue weighted by atomic mass is 16.5. The molecule has 1 amide bonds. The van der Waals surface area contributed by atoms with Crippen molar-refractivity contribution in [3.05, 3.63) is 29.3 Å². The van der Waals surface area contributed by atoms with Crippen LogP contribution in [0.1, 0.15) is 41.6 Å². The normalized spacial score (nSPS) is 13.2. The molecule has 0 saturated heterocycles. The lowest BCUT2D eigenvalue weighted by atomic mass is 10.1. The number of carbonyl (C=O) groups is 1. The Morgan fingerprint density at radius 2 is 2.29 bits per heavy atom. The highest BCUT2D eigenvalue weighted by Gasteiger charge is 2.20. The van der Waals surface area contributed by atoms with Crippen LogP contribution in [-0.2, 0) is 0 Å². The van der Waals surface area contributed by atoms with E-state index in [1.54, 1.807) is 25.3 Å². The second kappa shape index (κ2) is 7.70. The Morgan fingerprint density at radius 1 is 1.48 bits per heavy atom. The maximum atomic E-state index is 12.1. The molecule has 0 unspecified atom stereocenters. The molecule has 1 aromatic rings. The van der Waals surface area contributed by atoms with Gasteiger partial charge in [-0.1, -0.05) is 24.7 Å². The molecule has 0 heterocycles. The summed E-state index contributed by atoms with van der Waals surface area (Å²) in [5.41, 5.74) is 6.67. The lowest BCUT2D eigenvalue weighted by Crippen LogP contribution is -2.24. The molecule has 1 aromatic carbocycles. The third-order valence-corrected chi connectivity index (χ3v) is 3.56. The van der Waals surface area contributed by atoms with Gasteiger partial charge in [0.15, 0.2) is 0 Å². The Bertz CT molecular complexity index is 554. The van der Waals surface area contributed by atoms with Crippen LogP contribution in [0.15, 0.2) is 18.2 Å². The summed E-state index contributed by atoms with van der Waals surface area (Å²) < 4.78 is 5.23. The van der Waals surface area contributed by atoms with Crippen LogP contribution in [0.25, 0.3) is 0 Å². The minimum Gasteiger partial charge on any atom is -0.495 e. The van der Waals surface area contributed by atoms with E-state index in [2.05, 4.69) is 17.2 Å². The molecule has 1 aliphatic carbocycles. The minimum atomic E-state index is -0.0655. The van der Waals surface area contributed by atoms with Crippen LogP contribution in [-0.4, -0.2) is 26.1 Å². The summed E-state index contributed by atoms with van der Waals surface area (Å²) in [6.07, 6.45) is 4.98. The molecule has 1 saturated carbocycles. The van der Waals surface area contributed by atoms with E-state index in [0.29, 0.717) is 16.9 Å². The van der Waals surface area contributed by atoms with Crippen LogP contribution >= 0.6 is 0 Å². The molecule has 4 heteroatoms. The molecule has 1 aliphatic rings. The van der Waals surface area contributed by atoms with Gasteiger partial charge in [0.1, 0.15) is 5.75 Å². The number of carbonyl (C=O) groups excluding carboxylic acids is 1. The first kappa shape index (κ1) is 15.4. The van der Waals surface area contributed by atoms with E-state index >= 15 is 0 Å². The molecule has 0 aliphatic heterocycles. The maximum absolute atomic E-state index is 12.1. The molecule has 4 nitrogen and oxygen atoms in total.